The highest BCUT2D eigenvalue weighted by molar-refractivity contribution is 5.67. The van der Waals surface area contributed by atoms with Crippen molar-refractivity contribution in [1.29, 1.82) is 0 Å². The summed E-state index contributed by atoms with van der Waals surface area (Å²) in [4.78, 5) is 0. The van der Waals surface area contributed by atoms with E-state index in [1.54, 1.807) is 0 Å². The summed E-state index contributed by atoms with van der Waals surface area (Å²) in [5.74, 6) is 0. The molecule has 0 amide bonds. The molecule has 3 N–H and O–H groups in total. The van der Waals surface area contributed by atoms with Gasteiger partial charge in [0.1, 0.15) is 0 Å². The monoisotopic (exact) mass is 192 g/mol. The number of nitrogens with one attached hydrogen (secondary N) is 1. The van der Waals surface area contributed by atoms with Crippen molar-refractivity contribution in [3.05, 3.63) is 23.8 Å². The van der Waals surface area contributed by atoms with Gasteiger partial charge in [0.2, 0.25) is 0 Å². The van der Waals surface area contributed by atoms with Crippen LogP contribution >= 0.6 is 0 Å². The first-order chi connectivity index (χ1) is 6.67. The van der Waals surface area contributed by atoms with Crippen molar-refractivity contribution in [2.75, 3.05) is 11.1 Å². The molecule has 2 heteroatoms. The molecule has 14 heavy (non-hydrogen) atoms. The Morgan fingerprint density at radius 3 is 2.50 bits per heavy atom. The maximum absolute atomic E-state index is 5.88. The predicted molar refractivity (Wildman–Crippen MR) is 63.6 cm³/mol. The SMILES string of the molecule is CCC(CC)Nc1cc(C)ccc1N. The summed E-state index contributed by atoms with van der Waals surface area (Å²) in [6.07, 6.45) is 2.26. The van der Waals surface area contributed by atoms with E-state index < -0.39 is 0 Å². The minimum Gasteiger partial charge on any atom is -0.397 e. The van der Waals surface area contributed by atoms with Gasteiger partial charge in [-0.15, -0.1) is 0 Å². The molecule has 0 fully saturated rings. The first kappa shape index (κ1) is 10.9. The van der Waals surface area contributed by atoms with Crippen LogP contribution in [0.15, 0.2) is 18.2 Å². The Kier molecular flexibility index (Phi) is 3.81. The van der Waals surface area contributed by atoms with Gasteiger partial charge in [0.15, 0.2) is 0 Å². The van der Waals surface area contributed by atoms with E-state index in [2.05, 4.69) is 32.2 Å². The van der Waals surface area contributed by atoms with Crippen LogP contribution in [-0.2, 0) is 0 Å². The summed E-state index contributed by atoms with van der Waals surface area (Å²) < 4.78 is 0. The molecule has 78 valence electrons. The molecule has 0 radical (unpaired) electrons. The second-order valence-corrected chi connectivity index (χ2v) is 3.75. The fraction of sp³-hybridized carbons (Fsp3) is 0.500. The minimum absolute atomic E-state index is 0.527. The van der Waals surface area contributed by atoms with Crippen LogP contribution in [0.3, 0.4) is 0 Å². The van der Waals surface area contributed by atoms with Crippen LogP contribution in [0.2, 0.25) is 0 Å². The third-order valence-electron chi connectivity index (χ3n) is 2.55. The highest BCUT2D eigenvalue weighted by atomic mass is 14.9. The van der Waals surface area contributed by atoms with Crippen molar-refractivity contribution < 1.29 is 0 Å². The van der Waals surface area contributed by atoms with Gasteiger partial charge in [-0.2, -0.15) is 0 Å². The zero-order chi connectivity index (χ0) is 10.6. The summed E-state index contributed by atoms with van der Waals surface area (Å²) in [5.41, 5.74) is 9.03. The smallest absolute Gasteiger partial charge is 0.0578 e. The number of hydrogen-bond acceptors (Lipinski definition) is 2. The summed E-state index contributed by atoms with van der Waals surface area (Å²) in [6.45, 7) is 6.46. The molecule has 2 nitrogen and oxygen atoms in total. The number of nitrogen functional groups attached to an aromatic ring is 1. The molecule has 1 aromatic carbocycles. The summed E-state index contributed by atoms with van der Waals surface area (Å²) in [7, 11) is 0. The molecule has 0 spiro atoms. The van der Waals surface area contributed by atoms with Crippen molar-refractivity contribution >= 4 is 11.4 Å². The number of aryl methyl sites for hydroxylation is 1. The molecule has 0 aliphatic carbocycles. The van der Waals surface area contributed by atoms with E-state index >= 15 is 0 Å². The first-order valence-corrected chi connectivity index (χ1v) is 5.30. The van der Waals surface area contributed by atoms with Gasteiger partial charge in [-0.3, -0.25) is 0 Å². The van der Waals surface area contributed by atoms with Gasteiger partial charge >= 0.3 is 0 Å². The van der Waals surface area contributed by atoms with E-state index in [0.29, 0.717) is 6.04 Å². The van der Waals surface area contributed by atoms with Crippen molar-refractivity contribution in [2.45, 2.75) is 39.7 Å². The molecule has 0 saturated heterocycles. The van der Waals surface area contributed by atoms with Crippen molar-refractivity contribution in [3.63, 3.8) is 0 Å². The maximum atomic E-state index is 5.88. The van der Waals surface area contributed by atoms with E-state index in [4.69, 9.17) is 5.73 Å². The zero-order valence-electron chi connectivity index (χ0n) is 9.30. The van der Waals surface area contributed by atoms with Gasteiger partial charge < -0.3 is 11.1 Å². The van der Waals surface area contributed by atoms with Gasteiger partial charge in [0, 0.05) is 6.04 Å². The summed E-state index contributed by atoms with van der Waals surface area (Å²) >= 11 is 0. The van der Waals surface area contributed by atoms with Crippen LogP contribution in [-0.4, -0.2) is 6.04 Å². The molecule has 0 aliphatic heterocycles. The molecular formula is C12H20N2. The fourth-order valence-corrected chi connectivity index (χ4v) is 1.51. The van der Waals surface area contributed by atoms with Crippen LogP contribution in [0.5, 0.6) is 0 Å². The standard InChI is InChI=1S/C12H20N2/c1-4-10(5-2)14-12-8-9(3)6-7-11(12)13/h6-8,10,14H,4-5,13H2,1-3H3. The summed E-state index contributed by atoms with van der Waals surface area (Å²) in [5, 5.41) is 3.46. The normalized spacial score (nSPS) is 10.6. The van der Waals surface area contributed by atoms with E-state index in [-0.39, 0.29) is 0 Å². The lowest BCUT2D eigenvalue weighted by Crippen LogP contribution is -2.17. The molecule has 0 atom stereocenters. The van der Waals surface area contributed by atoms with E-state index in [0.717, 1.165) is 24.2 Å². The number of nitrogens with two attached hydrogens (primary N) is 1. The van der Waals surface area contributed by atoms with Crippen LogP contribution < -0.4 is 11.1 Å². The Labute approximate surface area is 86.5 Å². The van der Waals surface area contributed by atoms with E-state index in [1.807, 2.05) is 12.1 Å². The van der Waals surface area contributed by atoms with Crippen molar-refractivity contribution in [3.8, 4) is 0 Å². The Bertz CT molecular complexity index is 290. The number of hydrogen-bond donors (Lipinski definition) is 2. The molecule has 0 saturated carbocycles. The molecule has 0 unspecified atom stereocenters. The molecule has 1 aromatic rings. The molecule has 0 heterocycles. The molecule has 1 rings (SSSR count). The van der Waals surface area contributed by atoms with Crippen LogP contribution in [0.4, 0.5) is 11.4 Å². The van der Waals surface area contributed by atoms with Gasteiger partial charge in [-0.25, -0.2) is 0 Å². The van der Waals surface area contributed by atoms with Crippen LogP contribution in [0.1, 0.15) is 32.3 Å². The molecule has 0 aromatic heterocycles. The Hall–Kier alpha value is -1.18. The first-order valence-electron chi connectivity index (χ1n) is 5.30. The lowest BCUT2D eigenvalue weighted by atomic mass is 10.1. The van der Waals surface area contributed by atoms with Gasteiger partial charge in [-0.1, -0.05) is 19.9 Å². The maximum Gasteiger partial charge on any atom is 0.0578 e. The fourth-order valence-electron chi connectivity index (χ4n) is 1.51. The second-order valence-electron chi connectivity index (χ2n) is 3.75. The molecule has 0 aliphatic rings. The third-order valence-corrected chi connectivity index (χ3v) is 2.55. The van der Waals surface area contributed by atoms with Gasteiger partial charge in [0.25, 0.3) is 0 Å². The molecule has 0 bridgehead atoms. The quantitative estimate of drug-likeness (QED) is 0.719. The average Bonchev–Trinajstić information content (AvgIpc) is 2.19. The van der Waals surface area contributed by atoms with Crippen LogP contribution in [0.25, 0.3) is 0 Å². The largest absolute Gasteiger partial charge is 0.397 e. The predicted octanol–water partition coefficient (Wildman–Crippen LogP) is 3.18. The van der Waals surface area contributed by atoms with E-state index in [1.165, 1.54) is 5.56 Å². The highest BCUT2D eigenvalue weighted by Crippen LogP contribution is 2.21. The summed E-state index contributed by atoms with van der Waals surface area (Å²) in [6, 6.07) is 6.63. The molecular weight excluding hydrogens is 172 g/mol. The van der Waals surface area contributed by atoms with Crippen molar-refractivity contribution in [1.82, 2.24) is 0 Å². The number of rotatable bonds is 4. The Balaban J connectivity index is 2.79. The minimum atomic E-state index is 0.527. The van der Waals surface area contributed by atoms with Gasteiger partial charge in [-0.05, 0) is 37.5 Å². The second kappa shape index (κ2) is 4.89. The zero-order valence-corrected chi connectivity index (χ0v) is 9.30. The Morgan fingerprint density at radius 1 is 1.29 bits per heavy atom. The topological polar surface area (TPSA) is 38.0 Å². The van der Waals surface area contributed by atoms with E-state index in [9.17, 15) is 0 Å². The number of anilines is 2. The average molecular weight is 192 g/mol. The van der Waals surface area contributed by atoms with Crippen LogP contribution in [0, 0.1) is 6.92 Å². The third kappa shape index (κ3) is 2.66. The van der Waals surface area contributed by atoms with Crippen molar-refractivity contribution in [2.24, 2.45) is 0 Å². The van der Waals surface area contributed by atoms with Gasteiger partial charge in [0.05, 0.1) is 11.4 Å². The Morgan fingerprint density at radius 2 is 1.93 bits per heavy atom. The number of benzene rings is 1. The lowest BCUT2D eigenvalue weighted by molar-refractivity contribution is 0.672. The highest BCUT2D eigenvalue weighted by Gasteiger charge is 2.05. The lowest BCUT2D eigenvalue weighted by Gasteiger charge is -2.18.